The van der Waals surface area contributed by atoms with Crippen LogP contribution in [0.15, 0.2) is 73.1 Å². The van der Waals surface area contributed by atoms with Crippen molar-refractivity contribution in [1.82, 2.24) is 0 Å². The van der Waals surface area contributed by atoms with Gasteiger partial charge in [0.15, 0.2) is 12.4 Å². The van der Waals surface area contributed by atoms with Crippen molar-refractivity contribution in [2.24, 2.45) is 0 Å². The van der Waals surface area contributed by atoms with Crippen molar-refractivity contribution in [3.8, 4) is 11.8 Å². The minimum absolute atomic E-state index is 1.03. The number of pyridine rings is 2. The molecule has 0 bridgehead atoms. The van der Waals surface area contributed by atoms with Gasteiger partial charge in [-0.05, 0) is 18.2 Å². The number of rotatable bonds is 0. The molecule has 2 aromatic heterocycles. The van der Waals surface area contributed by atoms with E-state index in [4.69, 9.17) is 0 Å². The van der Waals surface area contributed by atoms with E-state index < -0.39 is 0 Å². The Morgan fingerprint density at radius 3 is 2.33 bits per heavy atom. The number of benzene rings is 1. The average molecular weight is 230 g/mol. The number of hydrogen-bond acceptors (Lipinski definition) is 0. The molecule has 0 aliphatic heterocycles. The maximum atomic E-state index is 3.19. The molecule has 0 radical (unpaired) electrons. The third-order valence-corrected chi connectivity index (χ3v) is 2.77. The summed E-state index contributed by atoms with van der Waals surface area (Å²) in [6.45, 7) is 0. The summed E-state index contributed by atoms with van der Waals surface area (Å²) in [4.78, 5) is 0. The van der Waals surface area contributed by atoms with E-state index in [0.29, 0.717) is 0 Å². The van der Waals surface area contributed by atoms with Gasteiger partial charge in [-0.1, -0.05) is 30.0 Å². The quantitative estimate of drug-likeness (QED) is 0.413. The highest BCUT2D eigenvalue weighted by Crippen LogP contribution is 2.01. The van der Waals surface area contributed by atoms with Crippen LogP contribution in [0.5, 0.6) is 0 Å². The fourth-order valence-electron chi connectivity index (χ4n) is 1.84. The molecule has 0 saturated heterocycles. The van der Waals surface area contributed by atoms with Gasteiger partial charge in [-0.25, -0.2) is 0 Å². The summed E-state index contributed by atoms with van der Waals surface area (Å²) < 4.78 is 2.08. The molecule has 18 heavy (non-hydrogen) atoms. The summed E-state index contributed by atoms with van der Waals surface area (Å²) in [7, 11) is 0. The summed E-state index contributed by atoms with van der Waals surface area (Å²) >= 11 is 0. The monoisotopic (exact) mass is 230 g/mol. The van der Waals surface area contributed by atoms with E-state index in [1.807, 2.05) is 60.9 Å². The zero-order chi connectivity index (χ0) is 12.2. The topological polar surface area (TPSA) is 4.10 Å². The third-order valence-electron chi connectivity index (χ3n) is 2.77. The Kier molecular flexibility index (Phi) is 2.77. The van der Waals surface area contributed by atoms with Gasteiger partial charge in [0.1, 0.15) is 0 Å². The molecule has 0 saturated carbocycles. The van der Waals surface area contributed by atoms with E-state index in [2.05, 4.69) is 28.4 Å². The van der Waals surface area contributed by atoms with Gasteiger partial charge in [0.2, 0.25) is 5.52 Å². The second-order valence-electron chi connectivity index (χ2n) is 4.06. The van der Waals surface area contributed by atoms with Crippen LogP contribution in [0.1, 0.15) is 11.1 Å². The largest absolute Gasteiger partial charge is 0.211 e. The van der Waals surface area contributed by atoms with Crippen LogP contribution in [0.3, 0.4) is 0 Å². The van der Waals surface area contributed by atoms with Crippen LogP contribution in [0.4, 0.5) is 0 Å². The molecule has 0 fully saturated rings. The minimum atomic E-state index is 1.03. The van der Waals surface area contributed by atoms with Gasteiger partial charge in [0.25, 0.3) is 0 Å². The van der Waals surface area contributed by atoms with Crippen molar-refractivity contribution in [2.75, 3.05) is 0 Å². The van der Waals surface area contributed by atoms with Gasteiger partial charge < -0.3 is 0 Å². The molecule has 3 aromatic rings. The second kappa shape index (κ2) is 4.73. The van der Waals surface area contributed by atoms with Crippen LogP contribution >= 0.6 is 0 Å². The van der Waals surface area contributed by atoms with E-state index in [-0.39, 0.29) is 0 Å². The molecule has 2 heterocycles. The first-order valence-corrected chi connectivity index (χ1v) is 5.89. The predicted molar refractivity (Wildman–Crippen MR) is 72.0 cm³/mol. The van der Waals surface area contributed by atoms with E-state index in [0.717, 1.165) is 16.6 Å². The minimum Gasteiger partial charge on any atom is -0.167 e. The standard InChI is InChI=1S/C17H12N/c1-2-6-15(7-3-1)9-10-16-11-13-18-12-5-4-8-17(18)14-16/h1-8,11-14H/q+1. The molecule has 0 amide bonds. The second-order valence-corrected chi connectivity index (χ2v) is 4.06. The Balaban J connectivity index is 1.99. The SMILES string of the molecule is C(#Cc1cc[n+]2ccccc2c1)c1ccccc1. The van der Waals surface area contributed by atoms with Gasteiger partial charge in [0.05, 0.1) is 0 Å². The lowest BCUT2D eigenvalue weighted by Gasteiger charge is -1.91. The van der Waals surface area contributed by atoms with E-state index >= 15 is 0 Å². The van der Waals surface area contributed by atoms with Crippen molar-refractivity contribution < 1.29 is 4.40 Å². The maximum absolute atomic E-state index is 3.19. The van der Waals surface area contributed by atoms with Gasteiger partial charge >= 0.3 is 0 Å². The molecule has 0 aliphatic rings. The first-order valence-electron chi connectivity index (χ1n) is 5.89. The van der Waals surface area contributed by atoms with Crippen molar-refractivity contribution in [3.05, 3.63) is 84.2 Å². The summed E-state index contributed by atoms with van der Waals surface area (Å²) in [5.41, 5.74) is 3.22. The van der Waals surface area contributed by atoms with Gasteiger partial charge in [-0.15, -0.1) is 0 Å². The van der Waals surface area contributed by atoms with Crippen LogP contribution < -0.4 is 4.40 Å². The Hall–Kier alpha value is -2.59. The molecule has 0 N–H and O–H groups in total. The van der Waals surface area contributed by atoms with Crippen LogP contribution in [0.2, 0.25) is 0 Å². The highest BCUT2D eigenvalue weighted by molar-refractivity contribution is 5.49. The summed E-state index contributed by atoms with van der Waals surface area (Å²) in [6, 6.07) is 20.3. The molecule has 84 valence electrons. The zero-order valence-corrected chi connectivity index (χ0v) is 9.88. The molecular weight excluding hydrogens is 218 g/mol. The number of aromatic nitrogens is 1. The van der Waals surface area contributed by atoms with Crippen molar-refractivity contribution in [3.63, 3.8) is 0 Å². The van der Waals surface area contributed by atoms with Crippen molar-refractivity contribution in [1.29, 1.82) is 0 Å². The highest BCUT2D eigenvalue weighted by Gasteiger charge is 1.99. The Bertz CT molecular complexity index is 733. The van der Waals surface area contributed by atoms with E-state index in [1.54, 1.807) is 0 Å². The molecule has 1 nitrogen and oxygen atoms in total. The first-order chi connectivity index (χ1) is 8.92. The smallest absolute Gasteiger partial charge is 0.167 e. The maximum Gasteiger partial charge on any atom is 0.211 e. The number of nitrogens with zero attached hydrogens (tertiary/aromatic N) is 1. The highest BCUT2D eigenvalue weighted by atomic mass is 14.8. The van der Waals surface area contributed by atoms with Gasteiger partial charge in [-0.3, -0.25) is 0 Å². The fraction of sp³-hybridized carbons (Fsp3) is 0. The number of hydrogen-bond donors (Lipinski definition) is 0. The predicted octanol–water partition coefficient (Wildman–Crippen LogP) is 2.83. The Morgan fingerprint density at radius 2 is 1.44 bits per heavy atom. The van der Waals surface area contributed by atoms with Crippen LogP contribution in [-0.4, -0.2) is 0 Å². The molecule has 1 heteroatoms. The van der Waals surface area contributed by atoms with Gasteiger partial charge in [-0.2, -0.15) is 4.40 Å². The van der Waals surface area contributed by atoms with Crippen molar-refractivity contribution in [2.45, 2.75) is 0 Å². The molecule has 0 aliphatic carbocycles. The van der Waals surface area contributed by atoms with E-state index in [9.17, 15) is 0 Å². The molecule has 3 rings (SSSR count). The lowest BCUT2D eigenvalue weighted by Crippen LogP contribution is -2.19. The molecule has 0 atom stereocenters. The number of fused-ring (bicyclic) bond motifs is 1. The normalized spacial score (nSPS) is 9.78. The van der Waals surface area contributed by atoms with Crippen LogP contribution in [0.25, 0.3) is 5.52 Å². The lowest BCUT2D eigenvalue weighted by atomic mass is 10.2. The van der Waals surface area contributed by atoms with E-state index in [1.165, 1.54) is 0 Å². The summed E-state index contributed by atoms with van der Waals surface area (Å²) in [5, 5.41) is 0. The van der Waals surface area contributed by atoms with Crippen LogP contribution in [-0.2, 0) is 0 Å². The molecular formula is C17H12N+. The third kappa shape index (κ3) is 2.23. The summed E-state index contributed by atoms with van der Waals surface area (Å²) in [5.74, 6) is 6.36. The van der Waals surface area contributed by atoms with Gasteiger partial charge in [0, 0.05) is 35.4 Å². The zero-order valence-electron chi connectivity index (χ0n) is 9.88. The summed E-state index contributed by atoms with van der Waals surface area (Å²) in [6.07, 6.45) is 4.06. The van der Waals surface area contributed by atoms with Crippen molar-refractivity contribution >= 4 is 5.52 Å². The molecule has 0 unspecified atom stereocenters. The lowest BCUT2D eigenvalue weighted by molar-refractivity contribution is -0.512. The fourth-order valence-corrected chi connectivity index (χ4v) is 1.84. The Labute approximate surface area is 106 Å². The molecule has 0 spiro atoms. The Morgan fingerprint density at radius 1 is 0.667 bits per heavy atom. The average Bonchev–Trinajstić information content (AvgIpc) is 2.46. The molecule has 1 aromatic carbocycles. The van der Waals surface area contributed by atoms with Crippen LogP contribution in [0, 0.1) is 11.8 Å². The first kappa shape index (κ1) is 10.6.